The standard InChI is InChI=1S/C14H20N2O2/c1-15-9-5-10-16(12-6-3-2-4-7-12)14(18)13(15)8-11-17/h2-4,6-7,13,17H,5,8-11H2,1H3. The fourth-order valence-electron chi connectivity index (χ4n) is 2.44. The Morgan fingerprint density at radius 3 is 2.67 bits per heavy atom. The number of likely N-dealkylation sites (N-methyl/N-ethyl adjacent to an activating group) is 1. The largest absolute Gasteiger partial charge is 0.396 e. The molecule has 1 unspecified atom stereocenters. The summed E-state index contributed by atoms with van der Waals surface area (Å²) in [6.07, 6.45) is 1.46. The van der Waals surface area contributed by atoms with Gasteiger partial charge in [0.2, 0.25) is 5.91 Å². The molecule has 4 heteroatoms. The molecular formula is C14H20N2O2. The Hall–Kier alpha value is -1.39. The number of carbonyl (C=O) groups excluding carboxylic acids is 1. The van der Waals surface area contributed by atoms with Gasteiger partial charge in [0.15, 0.2) is 0 Å². The Balaban J connectivity index is 2.23. The monoisotopic (exact) mass is 248 g/mol. The van der Waals surface area contributed by atoms with Gasteiger partial charge in [-0.2, -0.15) is 0 Å². The molecular weight excluding hydrogens is 228 g/mol. The molecule has 1 saturated heterocycles. The first-order valence-electron chi connectivity index (χ1n) is 6.41. The highest BCUT2D eigenvalue weighted by atomic mass is 16.3. The summed E-state index contributed by atoms with van der Waals surface area (Å²) in [5.41, 5.74) is 0.945. The van der Waals surface area contributed by atoms with Crippen LogP contribution >= 0.6 is 0 Å². The topological polar surface area (TPSA) is 43.8 Å². The number of nitrogens with zero attached hydrogens (tertiary/aromatic N) is 2. The van der Waals surface area contributed by atoms with Crippen LogP contribution in [-0.4, -0.2) is 48.7 Å². The maximum Gasteiger partial charge on any atom is 0.244 e. The van der Waals surface area contributed by atoms with E-state index >= 15 is 0 Å². The number of anilines is 1. The summed E-state index contributed by atoms with van der Waals surface area (Å²) in [6.45, 7) is 1.68. The summed E-state index contributed by atoms with van der Waals surface area (Å²) < 4.78 is 0. The minimum Gasteiger partial charge on any atom is -0.396 e. The van der Waals surface area contributed by atoms with E-state index in [2.05, 4.69) is 0 Å². The lowest BCUT2D eigenvalue weighted by Gasteiger charge is -2.27. The summed E-state index contributed by atoms with van der Waals surface area (Å²) in [7, 11) is 1.95. The van der Waals surface area contributed by atoms with Crippen LogP contribution in [0.25, 0.3) is 0 Å². The van der Waals surface area contributed by atoms with Gasteiger partial charge in [0.25, 0.3) is 0 Å². The number of para-hydroxylation sites is 1. The Labute approximate surface area is 108 Å². The fourth-order valence-corrected chi connectivity index (χ4v) is 2.44. The number of carbonyl (C=O) groups is 1. The summed E-state index contributed by atoms with van der Waals surface area (Å²) in [4.78, 5) is 16.4. The van der Waals surface area contributed by atoms with Crippen LogP contribution < -0.4 is 4.90 Å². The van der Waals surface area contributed by atoms with E-state index < -0.39 is 0 Å². The Morgan fingerprint density at radius 1 is 1.28 bits per heavy atom. The minimum absolute atomic E-state index is 0.0450. The van der Waals surface area contributed by atoms with Crippen LogP contribution in [0.4, 0.5) is 5.69 Å². The molecule has 1 amide bonds. The van der Waals surface area contributed by atoms with Gasteiger partial charge in [0.05, 0.1) is 6.04 Å². The summed E-state index contributed by atoms with van der Waals surface area (Å²) >= 11 is 0. The number of hydrogen-bond donors (Lipinski definition) is 1. The second-order valence-corrected chi connectivity index (χ2v) is 4.69. The molecule has 2 rings (SSSR count). The molecule has 1 fully saturated rings. The molecule has 1 aromatic rings. The highest BCUT2D eigenvalue weighted by molar-refractivity contribution is 5.97. The molecule has 18 heavy (non-hydrogen) atoms. The first-order chi connectivity index (χ1) is 8.74. The van der Waals surface area contributed by atoms with Crippen molar-refractivity contribution in [1.29, 1.82) is 0 Å². The van der Waals surface area contributed by atoms with Gasteiger partial charge in [-0.05, 0) is 32.0 Å². The van der Waals surface area contributed by atoms with E-state index in [9.17, 15) is 4.79 Å². The van der Waals surface area contributed by atoms with Crippen LogP contribution in [-0.2, 0) is 4.79 Å². The van der Waals surface area contributed by atoms with Crippen LogP contribution in [0.5, 0.6) is 0 Å². The zero-order chi connectivity index (χ0) is 13.0. The van der Waals surface area contributed by atoms with Gasteiger partial charge in [0, 0.05) is 25.4 Å². The molecule has 0 saturated carbocycles. The lowest BCUT2D eigenvalue weighted by atomic mass is 10.1. The summed E-state index contributed by atoms with van der Waals surface area (Å²) in [6, 6.07) is 9.54. The molecule has 0 radical (unpaired) electrons. The van der Waals surface area contributed by atoms with E-state index in [0.29, 0.717) is 6.42 Å². The van der Waals surface area contributed by atoms with Crippen LogP contribution in [0.1, 0.15) is 12.8 Å². The van der Waals surface area contributed by atoms with Gasteiger partial charge in [0.1, 0.15) is 0 Å². The Kier molecular flexibility index (Phi) is 4.33. The van der Waals surface area contributed by atoms with Crippen LogP contribution in [0.2, 0.25) is 0 Å². The predicted molar refractivity (Wildman–Crippen MR) is 71.5 cm³/mol. The molecule has 0 aliphatic carbocycles. The van der Waals surface area contributed by atoms with Gasteiger partial charge >= 0.3 is 0 Å². The second kappa shape index (κ2) is 5.98. The maximum atomic E-state index is 12.5. The highest BCUT2D eigenvalue weighted by Crippen LogP contribution is 2.20. The van der Waals surface area contributed by atoms with E-state index in [4.69, 9.17) is 5.11 Å². The van der Waals surface area contributed by atoms with E-state index in [-0.39, 0.29) is 18.6 Å². The molecule has 0 spiro atoms. The molecule has 1 atom stereocenters. The zero-order valence-corrected chi connectivity index (χ0v) is 10.7. The lowest BCUT2D eigenvalue weighted by molar-refractivity contribution is -0.123. The molecule has 0 bridgehead atoms. The third kappa shape index (κ3) is 2.71. The van der Waals surface area contributed by atoms with Crippen LogP contribution in [0, 0.1) is 0 Å². The molecule has 1 aliphatic rings. The minimum atomic E-state index is -0.210. The van der Waals surface area contributed by atoms with Crippen molar-refractivity contribution in [3.05, 3.63) is 30.3 Å². The van der Waals surface area contributed by atoms with E-state index in [1.54, 1.807) is 0 Å². The van der Waals surface area contributed by atoms with Crippen LogP contribution in [0.15, 0.2) is 30.3 Å². The smallest absolute Gasteiger partial charge is 0.244 e. The first kappa shape index (κ1) is 13.1. The van der Waals surface area contributed by atoms with Crippen molar-refractivity contribution in [2.24, 2.45) is 0 Å². The normalized spacial score (nSPS) is 22.0. The molecule has 1 aliphatic heterocycles. The van der Waals surface area contributed by atoms with Gasteiger partial charge < -0.3 is 10.0 Å². The molecule has 1 heterocycles. The van der Waals surface area contributed by atoms with E-state index in [0.717, 1.165) is 25.2 Å². The molecule has 1 aromatic carbocycles. The Bertz CT molecular complexity index is 394. The molecule has 0 aromatic heterocycles. The van der Waals surface area contributed by atoms with Crippen molar-refractivity contribution in [3.8, 4) is 0 Å². The van der Waals surface area contributed by atoms with Crippen molar-refractivity contribution < 1.29 is 9.90 Å². The quantitative estimate of drug-likeness (QED) is 0.871. The fraction of sp³-hybridized carbons (Fsp3) is 0.500. The van der Waals surface area contributed by atoms with Crippen molar-refractivity contribution in [1.82, 2.24) is 4.90 Å². The SMILES string of the molecule is CN1CCCN(c2ccccc2)C(=O)C1CCO. The number of benzene rings is 1. The van der Waals surface area contributed by atoms with Gasteiger partial charge in [-0.15, -0.1) is 0 Å². The predicted octanol–water partition coefficient (Wildman–Crippen LogP) is 1.11. The molecule has 98 valence electrons. The van der Waals surface area contributed by atoms with Gasteiger partial charge in [-0.1, -0.05) is 18.2 Å². The van der Waals surface area contributed by atoms with E-state index in [1.165, 1.54) is 0 Å². The van der Waals surface area contributed by atoms with E-state index in [1.807, 2.05) is 47.2 Å². The summed E-state index contributed by atoms with van der Waals surface area (Å²) in [5.74, 6) is 0.0928. The van der Waals surface area contributed by atoms with Crippen molar-refractivity contribution >= 4 is 11.6 Å². The van der Waals surface area contributed by atoms with Gasteiger partial charge in [-0.3, -0.25) is 9.69 Å². The Morgan fingerprint density at radius 2 is 2.00 bits per heavy atom. The number of aliphatic hydroxyl groups excluding tert-OH is 1. The number of rotatable bonds is 3. The number of amides is 1. The van der Waals surface area contributed by atoms with Crippen molar-refractivity contribution in [2.75, 3.05) is 31.6 Å². The number of hydrogen-bond acceptors (Lipinski definition) is 3. The average Bonchev–Trinajstić information content (AvgIpc) is 2.53. The zero-order valence-electron chi connectivity index (χ0n) is 10.7. The molecule has 1 N–H and O–H groups in total. The number of aliphatic hydroxyl groups is 1. The third-order valence-corrected chi connectivity index (χ3v) is 3.45. The van der Waals surface area contributed by atoms with Crippen molar-refractivity contribution in [3.63, 3.8) is 0 Å². The average molecular weight is 248 g/mol. The maximum absolute atomic E-state index is 12.5. The van der Waals surface area contributed by atoms with Gasteiger partial charge in [-0.25, -0.2) is 0 Å². The second-order valence-electron chi connectivity index (χ2n) is 4.69. The highest BCUT2D eigenvalue weighted by Gasteiger charge is 2.30. The first-order valence-corrected chi connectivity index (χ1v) is 6.41. The third-order valence-electron chi connectivity index (χ3n) is 3.45. The summed E-state index contributed by atoms with van der Waals surface area (Å²) in [5, 5.41) is 9.11. The molecule has 4 nitrogen and oxygen atoms in total. The van der Waals surface area contributed by atoms with Crippen molar-refractivity contribution in [2.45, 2.75) is 18.9 Å². The lowest BCUT2D eigenvalue weighted by Crippen LogP contribution is -2.45. The van der Waals surface area contributed by atoms with Crippen LogP contribution in [0.3, 0.4) is 0 Å².